The number of hydrogen-bond acceptors (Lipinski definition) is 4. The highest BCUT2D eigenvalue weighted by Crippen LogP contribution is 2.19. The van der Waals surface area contributed by atoms with E-state index in [0.717, 1.165) is 55.5 Å². The molecule has 0 aliphatic carbocycles. The number of amides is 1. The average molecular weight is 346 g/mol. The van der Waals surface area contributed by atoms with Crippen LogP contribution in [-0.2, 0) is 6.42 Å². The molecule has 138 valence electrons. The van der Waals surface area contributed by atoms with E-state index in [1.54, 1.807) is 26.0 Å². The summed E-state index contributed by atoms with van der Waals surface area (Å²) in [5.74, 6) is 0.630. The van der Waals surface area contributed by atoms with E-state index < -0.39 is 5.60 Å². The zero-order chi connectivity index (χ0) is 18.4. The van der Waals surface area contributed by atoms with Crippen LogP contribution in [0.25, 0.3) is 11.1 Å². The number of carbonyl (C=O) groups excluding carboxylic acids is 1. The van der Waals surface area contributed by atoms with Gasteiger partial charge in [0.25, 0.3) is 5.91 Å². The molecule has 25 heavy (non-hydrogen) atoms. The minimum absolute atomic E-state index is 0.0583. The first kappa shape index (κ1) is 19.4. The van der Waals surface area contributed by atoms with Gasteiger partial charge in [-0.1, -0.05) is 13.3 Å². The van der Waals surface area contributed by atoms with E-state index in [1.807, 2.05) is 13.0 Å². The molecule has 1 aromatic heterocycles. The number of rotatable bonds is 9. The maximum atomic E-state index is 12.4. The lowest BCUT2D eigenvalue weighted by molar-refractivity contribution is 0.0674. The van der Waals surface area contributed by atoms with E-state index in [9.17, 15) is 9.90 Å². The summed E-state index contributed by atoms with van der Waals surface area (Å²) in [6.45, 7) is 7.73. The summed E-state index contributed by atoms with van der Waals surface area (Å²) in [6, 6.07) is 5.43. The van der Waals surface area contributed by atoms with Gasteiger partial charge >= 0.3 is 0 Å². The van der Waals surface area contributed by atoms with E-state index in [-0.39, 0.29) is 11.9 Å². The van der Waals surface area contributed by atoms with Crippen LogP contribution in [0.15, 0.2) is 22.6 Å². The van der Waals surface area contributed by atoms with E-state index in [4.69, 9.17) is 4.42 Å². The van der Waals surface area contributed by atoms with Gasteiger partial charge < -0.3 is 14.8 Å². The van der Waals surface area contributed by atoms with Crippen molar-refractivity contribution < 1.29 is 14.3 Å². The van der Waals surface area contributed by atoms with Crippen LogP contribution in [0.3, 0.4) is 0 Å². The second-order valence-corrected chi connectivity index (χ2v) is 7.47. The first-order chi connectivity index (χ1) is 11.8. The smallest absolute Gasteiger partial charge is 0.251 e. The number of nitrogens with zero attached hydrogens (tertiary/aromatic N) is 1. The zero-order valence-corrected chi connectivity index (χ0v) is 15.8. The summed E-state index contributed by atoms with van der Waals surface area (Å²) in [5, 5.41) is 12.8. The van der Waals surface area contributed by atoms with Crippen molar-refractivity contribution in [1.29, 1.82) is 0 Å². The molecule has 1 aromatic carbocycles. The van der Waals surface area contributed by atoms with Gasteiger partial charge in [-0.25, -0.2) is 4.98 Å². The molecule has 0 unspecified atom stereocenters. The van der Waals surface area contributed by atoms with Crippen molar-refractivity contribution in [3.8, 4) is 0 Å². The minimum Gasteiger partial charge on any atom is -0.441 e. The number of benzene rings is 1. The lowest BCUT2D eigenvalue weighted by Crippen LogP contribution is -2.33. The summed E-state index contributed by atoms with van der Waals surface area (Å²) in [6.07, 6.45) is 5.39. The SMILES string of the molecule is CCCCc1nc2cc(C(=O)N[C@@H](C)CCCC(C)(C)O)ccc2o1. The topological polar surface area (TPSA) is 75.4 Å². The highest BCUT2D eigenvalue weighted by molar-refractivity contribution is 5.97. The second kappa shape index (κ2) is 8.48. The van der Waals surface area contributed by atoms with E-state index in [1.165, 1.54) is 0 Å². The molecule has 0 spiro atoms. The van der Waals surface area contributed by atoms with Crippen molar-refractivity contribution in [2.75, 3.05) is 0 Å². The molecule has 1 amide bonds. The Balaban J connectivity index is 1.94. The fourth-order valence-corrected chi connectivity index (χ4v) is 2.77. The van der Waals surface area contributed by atoms with Crippen LogP contribution in [-0.4, -0.2) is 27.6 Å². The number of unbranched alkanes of at least 4 members (excludes halogenated alkanes) is 1. The first-order valence-electron chi connectivity index (χ1n) is 9.21. The van der Waals surface area contributed by atoms with Gasteiger partial charge in [-0.3, -0.25) is 4.79 Å². The van der Waals surface area contributed by atoms with Crippen molar-refractivity contribution in [1.82, 2.24) is 10.3 Å². The Morgan fingerprint density at radius 3 is 2.80 bits per heavy atom. The lowest BCUT2D eigenvalue weighted by atomic mass is 9.99. The highest BCUT2D eigenvalue weighted by Gasteiger charge is 2.15. The van der Waals surface area contributed by atoms with Gasteiger partial charge in [0, 0.05) is 18.0 Å². The highest BCUT2D eigenvalue weighted by atomic mass is 16.3. The molecule has 0 saturated carbocycles. The standard InChI is InChI=1S/C20H30N2O3/c1-5-6-9-18-22-16-13-15(10-11-17(16)25-18)19(23)21-14(2)8-7-12-20(3,4)24/h10-11,13-14,24H,5-9,12H2,1-4H3,(H,21,23)/t14-/m0/s1. The molecule has 2 N–H and O–H groups in total. The van der Waals surface area contributed by atoms with Gasteiger partial charge in [-0.2, -0.15) is 0 Å². The van der Waals surface area contributed by atoms with Gasteiger partial charge in [0.1, 0.15) is 5.52 Å². The number of oxazole rings is 1. The number of aryl methyl sites for hydroxylation is 1. The molecule has 0 bridgehead atoms. The summed E-state index contributed by atoms with van der Waals surface area (Å²) >= 11 is 0. The molecule has 2 rings (SSSR count). The zero-order valence-electron chi connectivity index (χ0n) is 15.8. The van der Waals surface area contributed by atoms with Crippen LogP contribution in [0.4, 0.5) is 0 Å². The van der Waals surface area contributed by atoms with Crippen LogP contribution in [0.5, 0.6) is 0 Å². The van der Waals surface area contributed by atoms with Crippen molar-refractivity contribution in [3.63, 3.8) is 0 Å². The third-order valence-corrected chi connectivity index (χ3v) is 4.24. The largest absolute Gasteiger partial charge is 0.441 e. The molecule has 1 heterocycles. The Labute approximate surface area is 149 Å². The number of aromatic nitrogens is 1. The van der Waals surface area contributed by atoms with Gasteiger partial charge in [0.2, 0.25) is 0 Å². The molecule has 5 nitrogen and oxygen atoms in total. The molecule has 0 saturated heterocycles. The fourth-order valence-electron chi connectivity index (χ4n) is 2.77. The molecular formula is C20H30N2O3. The Bertz CT molecular complexity index is 701. The van der Waals surface area contributed by atoms with Crippen molar-refractivity contribution in [3.05, 3.63) is 29.7 Å². The van der Waals surface area contributed by atoms with Crippen LogP contribution in [0.2, 0.25) is 0 Å². The Morgan fingerprint density at radius 2 is 2.12 bits per heavy atom. The molecule has 0 aliphatic rings. The van der Waals surface area contributed by atoms with Crippen LogP contribution in [0.1, 0.15) is 76.0 Å². The molecule has 0 aliphatic heterocycles. The lowest BCUT2D eigenvalue weighted by Gasteiger charge is -2.19. The first-order valence-corrected chi connectivity index (χ1v) is 9.21. The molecule has 2 aromatic rings. The van der Waals surface area contributed by atoms with Gasteiger partial charge in [0.15, 0.2) is 11.5 Å². The molecule has 0 radical (unpaired) electrons. The summed E-state index contributed by atoms with van der Waals surface area (Å²) in [7, 11) is 0. The van der Waals surface area contributed by atoms with Crippen molar-refractivity contribution >= 4 is 17.0 Å². The third kappa shape index (κ3) is 6.16. The van der Waals surface area contributed by atoms with E-state index >= 15 is 0 Å². The number of aliphatic hydroxyl groups is 1. The van der Waals surface area contributed by atoms with E-state index in [2.05, 4.69) is 17.2 Å². The normalized spacial score (nSPS) is 13.2. The quantitative estimate of drug-likeness (QED) is 0.712. The summed E-state index contributed by atoms with van der Waals surface area (Å²) < 4.78 is 5.70. The van der Waals surface area contributed by atoms with Crippen molar-refractivity contribution in [2.45, 2.75) is 77.9 Å². The van der Waals surface area contributed by atoms with E-state index in [0.29, 0.717) is 5.56 Å². The Kier molecular flexibility index (Phi) is 6.59. The number of carbonyl (C=O) groups is 1. The Hall–Kier alpha value is -1.88. The van der Waals surface area contributed by atoms with Gasteiger partial charge in [0.05, 0.1) is 5.60 Å². The summed E-state index contributed by atoms with van der Waals surface area (Å²) in [4.78, 5) is 16.9. The van der Waals surface area contributed by atoms with Crippen molar-refractivity contribution in [2.24, 2.45) is 0 Å². The Morgan fingerprint density at radius 1 is 1.36 bits per heavy atom. The van der Waals surface area contributed by atoms with Crippen LogP contribution in [0, 0.1) is 0 Å². The number of nitrogens with one attached hydrogen (secondary N) is 1. The van der Waals surface area contributed by atoms with Gasteiger partial charge in [-0.15, -0.1) is 0 Å². The predicted molar refractivity (Wildman–Crippen MR) is 99.7 cm³/mol. The average Bonchev–Trinajstić information content (AvgIpc) is 2.93. The predicted octanol–water partition coefficient (Wildman–Crippen LogP) is 4.23. The monoisotopic (exact) mass is 346 g/mol. The van der Waals surface area contributed by atoms with Gasteiger partial charge in [-0.05, 0) is 64.7 Å². The van der Waals surface area contributed by atoms with Crippen LogP contribution < -0.4 is 5.32 Å². The second-order valence-electron chi connectivity index (χ2n) is 7.47. The maximum Gasteiger partial charge on any atom is 0.251 e. The minimum atomic E-state index is -0.656. The summed E-state index contributed by atoms with van der Waals surface area (Å²) in [5.41, 5.74) is 1.39. The molecule has 1 atom stereocenters. The third-order valence-electron chi connectivity index (χ3n) is 4.24. The fraction of sp³-hybridized carbons (Fsp3) is 0.600. The maximum absolute atomic E-state index is 12.4. The van der Waals surface area contributed by atoms with Crippen LogP contribution >= 0.6 is 0 Å². The molecular weight excluding hydrogens is 316 g/mol. The molecule has 0 fully saturated rings. The molecule has 5 heteroatoms. The number of hydrogen-bond donors (Lipinski definition) is 2. The number of fused-ring (bicyclic) bond motifs is 1.